The number of ether oxygens (including phenoxy) is 1. The SMILES string of the molecule is CCCC(CCO)Nc1nc(N)nc2cnn(Cc3ncc(C4CCN(CC(C)(C)O)CC4)cc3OC)c12. The maximum absolute atomic E-state index is 10.1. The van der Waals surface area contributed by atoms with Crippen molar-refractivity contribution in [2.24, 2.45) is 0 Å². The number of likely N-dealkylation sites (tertiary alicyclic amines) is 1. The highest BCUT2D eigenvalue weighted by atomic mass is 16.5. The van der Waals surface area contributed by atoms with Crippen LogP contribution >= 0.6 is 0 Å². The van der Waals surface area contributed by atoms with Gasteiger partial charge in [-0.25, -0.2) is 4.98 Å². The summed E-state index contributed by atoms with van der Waals surface area (Å²) in [5.74, 6) is 1.90. The van der Waals surface area contributed by atoms with E-state index in [4.69, 9.17) is 15.5 Å². The smallest absolute Gasteiger partial charge is 0.222 e. The van der Waals surface area contributed by atoms with Gasteiger partial charge >= 0.3 is 0 Å². The van der Waals surface area contributed by atoms with Gasteiger partial charge in [-0.1, -0.05) is 13.3 Å². The minimum absolute atomic E-state index is 0.0627. The van der Waals surface area contributed by atoms with Crippen LogP contribution in [0.15, 0.2) is 18.5 Å². The minimum atomic E-state index is -0.683. The van der Waals surface area contributed by atoms with Crippen LogP contribution in [0, 0.1) is 0 Å². The molecule has 11 nitrogen and oxygen atoms in total. The summed E-state index contributed by atoms with van der Waals surface area (Å²) in [5.41, 5.74) is 8.63. The van der Waals surface area contributed by atoms with Crippen molar-refractivity contribution in [1.29, 1.82) is 0 Å². The Balaban J connectivity index is 1.54. The number of hydrogen-bond acceptors (Lipinski definition) is 10. The zero-order valence-corrected chi connectivity index (χ0v) is 23.0. The van der Waals surface area contributed by atoms with Crippen molar-refractivity contribution in [2.45, 2.75) is 77.0 Å². The molecule has 1 saturated heterocycles. The van der Waals surface area contributed by atoms with Crippen molar-refractivity contribution in [2.75, 3.05) is 44.4 Å². The summed E-state index contributed by atoms with van der Waals surface area (Å²) in [6, 6.07) is 2.16. The predicted molar refractivity (Wildman–Crippen MR) is 148 cm³/mol. The van der Waals surface area contributed by atoms with Crippen LogP contribution in [-0.2, 0) is 6.54 Å². The highest BCUT2D eigenvalue weighted by Crippen LogP contribution is 2.32. The Kier molecular flexibility index (Phi) is 9.01. The molecule has 208 valence electrons. The van der Waals surface area contributed by atoms with Crippen molar-refractivity contribution in [3.8, 4) is 5.75 Å². The summed E-state index contributed by atoms with van der Waals surface area (Å²) >= 11 is 0. The third-order valence-corrected chi connectivity index (χ3v) is 7.10. The van der Waals surface area contributed by atoms with Crippen LogP contribution in [0.4, 0.5) is 11.8 Å². The summed E-state index contributed by atoms with van der Waals surface area (Å²) < 4.78 is 7.58. The molecule has 3 aromatic rings. The monoisotopic (exact) mass is 526 g/mol. The average molecular weight is 527 g/mol. The fraction of sp³-hybridized carbons (Fsp3) is 0.630. The van der Waals surface area contributed by atoms with E-state index in [-0.39, 0.29) is 18.6 Å². The van der Waals surface area contributed by atoms with E-state index in [1.807, 2.05) is 24.7 Å². The van der Waals surface area contributed by atoms with Crippen molar-refractivity contribution in [3.05, 3.63) is 29.7 Å². The molecule has 5 N–H and O–H groups in total. The average Bonchev–Trinajstić information content (AvgIpc) is 3.26. The number of hydrogen-bond donors (Lipinski definition) is 4. The van der Waals surface area contributed by atoms with E-state index in [0.29, 0.717) is 36.8 Å². The quantitative estimate of drug-likeness (QED) is 0.278. The second-order valence-electron chi connectivity index (χ2n) is 10.9. The van der Waals surface area contributed by atoms with Gasteiger partial charge in [-0.2, -0.15) is 10.1 Å². The highest BCUT2D eigenvalue weighted by molar-refractivity contribution is 5.86. The normalized spacial score (nSPS) is 16.2. The zero-order chi connectivity index (χ0) is 27.3. The Hall–Kier alpha value is -3.02. The number of anilines is 2. The van der Waals surface area contributed by atoms with Crippen LogP contribution in [0.5, 0.6) is 5.75 Å². The van der Waals surface area contributed by atoms with Crippen molar-refractivity contribution in [3.63, 3.8) is 0 Å². The van der Waals surface area contributed by atoms with E-state index in [1.54, 1.807) is 13.3 Å². The van der Waals surface area contributed by atoms with Crippen LogP contribution in [-0.4, -0.2) is 84.8 Å². The predicted octanol–water partition coefficient (Wildman–Crippen LogP) is 2.77. The van der Waals surface area contributed by atoms with Gasteiger partial charge < -0.3 is 30.9 Å². The molecule has 0 bridgehead atoms. The van der Waals surface area contributed by atoms with Gasteiger partial charge in [-0.3, -0.25) is 9.67 Å². The molecule has 1 unspecified atom stereocenters. The standard InChI is InChI=1S/C27H42N8O3/c1-5-6-20(9-12-36)31-25-24-21(32-26(28)33-25)15-30-35(24)16-22-23(38-4)13-19(14-29-22)18-7-10-34(11-8-18)17-27(2,3)37/h13-15,18,20,36-37H,5-12,16-17H2,1-4H3,(H3,28,31,32,33). The third-order valence-electron chi connectivity index (χ3n) is 7.10. The number of piperidine rings is 1. The first-order chi connectivity index (χ1) is 18.2. The molecule has 38 heavy (non-hydrogen) atoms. The number of fused-ring (bicyclic) bond motifs is 1. The molecular formula is C27H42N8O3. The molecule has 0 aromatic carbocycles. The van der Waals surface area contributed by atoms with Gasteiger partial charge in [0.25, 0.3) is 0 Å². The highest BCUT2D eigenvalue weighted by Gasteiger charge is 2.26. The van der Waals surface area contributed by atoms with Gasteiger partial charge in [0.15, 0.2) is 5.82 Å². The van der Waals surface area contributed by atoms with Gasteiger partial charge in [0.2, 0.25) is 5.95 Å². The lowest BCUT2D eigenvalue weighted by atomic mass is 9.89. The molecule has 11 heteroatoms. The summed E-state index contributed by atoms with van der Waals surface area (Å²) in [6.07, 6.45) is 8.16. The second kappa shape index (κ2) is 12.2. The first kappa shape index (κ1) is 28.0. The Labute approximate surface area is 224 Å². The van der Waals surface area contributed by atoms with Crippen LogP contribution in [0.3, 0.4) is 0 Å². The summed E-state index contributed by atoms with van der Waals surface area (Å²) in [6.45, 7) is 8.88. The van der Waals surface area contributed by atoms with Crippen LogP contribution in [0.2, 0.25) is 0 Å². The lowest BCUT2D eigenvalue weighted by Gasteiger charge is -2.35. The lowest BCUT2D eigenvalue weighted by molar-refractivity contribution is 0.0281. The topological polar surface area (TPSA) is 147 Å². The van der Waals surface area contributed by atoms with Crippen molar-refractivity contribution in [1.82, 2.24) is 29.6 Å². The fourth-order valence-electron chi connectivity index (χ4n) is 5.34. The Bertz CT molecular complexity index is 1190. The number of rotatable bonds is 12. The minimum Gasteiger partial charge on any atom is -0.495 e. The van der Waals surface area contributed by atoms with E-state index in [2.05, 4.69) is 38.3 Å². The van der Waals surface area contributed by atoms with Gasteiger partial charge in [0.1, 0.15) is 22.5 Å². The molecule has 1 aliphatic heterocycles. The molecule has 3 aromatic heterocycles. The molecule has 4 heterocycles. The number of aliphatic hydroxyl groups is 2. The molecular weight excluding hydrogens is 484 g/mol. The second-order valence-corrected chi connectivity index (χ2v) is 10.9. The number of nitrogens with zero attached hydrogens (tertiary/aromatic N) is 6. The molecule has 1 atom stereocenters. The van der Waals surface area contributed by atoms with Gasteiger partial charge in [-0.15, -0.1) is 0 Å². The number of aliphatic hydroxyl groups excluding tert-OH is 1. The van der Waals surface area contributed by atoms with E-state index in [9.17, 15) is 10.2 Å². The number of aromatic nitrogens is 5. The molecule has 0 aliphatic carbocycles. The van der Waals surface area contributed by atoms with Crippen molar-refractivity contribution >= 4 is 22.8 Å². The Morgan fingerprint density at radius 2 is 1.97 bits per heavy atom. The van der Waals surface area contributed by atoms with E-state index in [0.717, 1.165) is 55.7 Å². The molecule has 0 spiro atoms. The number of β-amino-alcohol motifs (C(OH)–C–C–N with tert-alkyl or cyclic N) is 1. The maximum atomic E-state index is 10.1. The zero-order valence-electron chi connectivity index (χ0n) is 23.0. The van der Waals surface area contributed by atoms with E-state index in [1.165, 1.54) is 5.56 Å². The lowest BCUT2D eigenvalue weighted by Crippen LogP contribution is -2.42. The van der Waals surface area contributed by atoms with Gasteiger partial charge in [0, 0.05) is 25.4 Å². The van der Waals surface area contributed by atoms with Crippen molar-refractivity contribution < 1.29 is 14.9 Å². The largest absolute Gasteiger partial charge is 0.495 e. The number of nitrogen functional groups attached to an aromatic ring is 1. The van der Waals surface area contributed by atoms with Crippen LogP contribution < -0.4 is 15.8 Å². The molecule has 0 amide bonds. The van der Waals surface area contributed by atoms with Crippen LogP contribution in [0.25, 0.3) is 11.0 Å². The first-order valence-electron chi connectivity index (χ1n) is 13.5. The molecule has 4 rings (SSSR count). The summed E-state index contributed by atoms with van der Waals surface area (Å²) in [7, 11) is 1.67. The summed E-state index contributed by atoms with van der Waals surface area (Å²) in [5, 5.41) is 27.7. The Morgan fingerprint density at radius 1 is 1.21 bits per heavy atom. The molecule has 1 aliphatic rings. The van der Waals surface area contributed by atoms with E-state index >= 15 is 0 Å². The maximum Gasteiger partial charge on any atom is 0.222 e. The number of pyridine rings is 1. The third kappa shape index (κ3) is 6.89. The number of nitrogens with one attached hydrogen (secondary N) is 1. The number of nitrogens with two attached hydrogens (primary N) is 1. The Morgan fingerprint density at radius 3 is 2.63 bits per heavy atom. The van der Waals surface area contributed by atoms with Crippen LogP contribution in [0.1, 0.15) is 70.1 Å². The van der Waals surface area contributed by atoms with Gasteiger partial charge in [0.05, 0.1) is 25.5 Å². The molecule has 0 radical (unpaired) electrons. The number of methoxy groups -OCH3 is 1. The molecule has 0 saturated carbocycles. The first-order valence-corrected chi connectivity index (χ1v) is 13.5. The van der Waals surface area contributed by atoms with Gasteiger partial charge in [-0.05, 0) is 70.2 Å². The fourth-order valence-corrected chi connectivity index (χ4v) is 5.34. The molecule has 1 fully saturated rings. The summed E-state index contributed by atoms with van der Waals surface area (Å²) in [4.78, 5) is 16.0. The van der Waals surface area contributed by atoms with E-state index < -0.39 is 5.60 Å².